The predicted octanol–water partition coefficient (Wildman–Crippen LogP) is 4.76. The second-order valence-electron chi connectivity index (χ2n) is 4.18. The molecule has 0 heterocycles. The first-order valence-electron chi connectivity index (χ1n) is 5.73. The topological polar surface area (TPSA) is 54.4 Å². The minimum Gasteiger partial charge on any atom is -0.478 e. The third-order valence-electron chi connectivity index (χ3n) is 2.73. The summed E-state index contributed by atoms with van der Waals surface area (Å²) in [6.07, 6.45) is 0. The Hall–Kier alpha value is -0.880. The van der Waals surface area contributed by atoms with E-state index in [-0.39, 0.29) is 11.3 Å². The van der Waals surface area contributed by atoms with E-state index in [4.69, 9.17) is 28.3 Å². The molecule has 0 amide bonds. The van der Waals surface area contributed by atoms with Crippen LogP contribution in [0.5, 0.6) is 0 Å². The Kier molecular flexibility index (Phi) is 5.43. The van der Waals surface area contributed by atoms with Gasteiger partial charge in [0.15, 0.2) is 0 Å². The lowest BCUT2D eigenvalue weighted by Crippen LogP contribution is -2.01. The van der Waals surface area contributed by atoms with Crippen molar-refractivity contribution in [3.05, 3.63) is 62.0 Å². The Morgan fingerprint density at radius 1 is 1.19 bits per heavy atom. The zero-order valence-corrected chi connectivity index (χ0v) is 14.4. The first-order valence-corrected chi connectivity index (χ1v) is 8.60. The molecule has 7 heteroatoms. The molecule has 1 N–H and O–H groups in total. The van der Waals surface area contributed by atoms with Crippen LogP contribution in [-0.4, -0.2) is 15.3 Å². The van der Waals surface area contributed by atoms with Gasteiger partial charge in [0.25, 0.3) is 0 Å². The fourth-order valence-corrected chi connectivity index (χ4v) is 4.22. The third kappa shape index (κ3) is 4.07. The average Bonchev–Trinajstić information content (AvgIpc) is 2.43. The van der Waals surface area contributed by atoms with Crippen LogP contribution in [-0.2, 0) is 16.6 Å². The van der Waals surface area contributed by atoms with Gasteiger partial charge in [-0.1, -0.05) is 45.2 Å². The zero-order chi connectivity index (χ0) is 15.6. The highest BCUT2D eigenvalue weighted by atomic mass is 79.9. The van der Waals surface area contributed by atoms with E-state index < -0.39 is 16.8 Å². The third-order valence-corrected chi connectivity index (χ3v) is 5.54. The lowest BCUT2D eigenvalue weighted by molar-refractivity contribution is 0.0697. The lowest BCUT2D eigenvalue weighted by Gasteiger charge is -2.08. The molecule has 0 saturated heterocycles. The Bertz CT molecular complexity index is 734. The van der Waals surface area contributed by atoms with Crippen molar-refractivity contribution in [1.29, 1.82) is 0 Å². The number of carbonyl (C=O) groups is 1. The molecule has 3 nitrogen and oxygen atoms in total. The number of hydrogen-bond acceptors (Lipinski definition) is 2. The molecule has 21 heavy (non-hydrogen) atoms. The number of carboxylic acids is 1. The largest absolute Gasteiger partial charge is 0.478 e. The molecule has 0 aliphatic carbocycles. The molecule has 1 atom stereocenters. The molecular weight excluding hydrogens is 399 g/mol. The molecule has 1 unspecified atom stereocenters. The Balaban J connectivity index is 2.27. The second kappa shape index (κ2) is 6.92. The van der Waals surface area contributed by atoms with E-state index in [1.165, 1.54) is 12.1 Å². The van der Waals surface area contributed by atoms with Crippen molar-refractivity contribution in [2.45, 2.75) is 10.6 Å². The minimum atomic E-state index is -1.38. The van der Waals surface area contributed by atoms with Gasteiger partial charge in [0.1, 0.15) is 0 Å². The highest BCUT2D eigenvalue weighted by Gasteiger charge is 2.13. The van der Waals surface area contributed by atoms with Crippen molar-refractivity contribution < 1.29 is 14.1 Å². The van der Waals surface area contributed by atoms with Gasteiger partial charge in [-0.25, -0.2) is 4.79 Å². The van der Waals surface area contributed by atoms with Gasteiger partial charge < -0.3 is 5.11 Å². The van der Waals surface area contributed by atoms with E-state index in [2.05, 4.69) is 15.9 Å². The first kappa shape index (κ1) is 16.5. The van der Waals surface area contributed by atoms with Crippen LogP contribution in [0.3, 0.4) is 0 Å². The summed E-state index contributed by atoms with van der Waals surface area (Å²) in [5, 5.41) is 9.76. The minimum absolute atomic E-state index is 0.164. The van der Waals surface area contributed by atoms with E-state index in [0.717, 1.165) is 5.56 Å². The first-order chi connectivity index (χ1) is 9.88. The predicted molar refractivity (Wildman–Crippen MR) is 87.7 cm³/mol. The Labute approximate surface area is 142 Å². The van der Waals surface area contributed by atoms with Gasteiger partial charge in [-0.2, -0.15) is 0 Å². The normalized spacial score (nSPS) is 12.1. The van der Waals surface area contributed by atoms with Crippen molar-refractivity contribution in [1.82, 2.24) is 0 Å². The Morgan fingerprint density at radius 3 is 2.52 bits per heavy atom. The Morgan fingerprint density at radius 2 is 1.90 bits per heavy atom. The van der Waals surface area contributed by atoms with Gasteiger partial charge in [-0.15, -0.1) is 0 Å². The van der Waals surface area contributed by atoms with E-state index in [0.29, 0.717) is 19.4 Å². The lowest BCUT2D eigenvalue weighted by atomic mass is 10.1. The number of aromatic carboxylic acids is 1. The van der Waals surface area contributed by atoms with E-state index in [1.54, 1.807) is 24.3 Å². The smallest absolute Gasteiger partial charge is 0.335 e. The molecule has 0 radical (unpaired) electrons. The van der Waals surface area contributed by atoms with Crippen LogP contribution in [0.1, 0.15) is 15.9 Å². The molecule has 0 bridgehead atoms. The highest BCUT2D eigenvalue weighted by Crippen LogP contribution is 2.27. The fourth-order valence-electron chi connectivity index (χ4n) is 1.67. The summed E-state index contributed by atoms with van der Waals surface area (Å²) < 4.78 is 13.0. The van der Waals surface area contributed by atoms with Crippen LogP contribution in [0.25, 0.3) is 0 Å². The molecule has 0 aromatic heterocycles. The molecule has 2 rings (SSSR count). The molecule has 0 aliphatic rings. The number of carboxylic acid groups (broad SMARTS) is 1. The number of hydrogen-bond donors (Lipinski definition) is 1. The van der Waals surface area contributed by atoms with Crippen LogP contribution >= 0.6 is 39.1 Å². The van der Waals surface area contributed by atoms with Gasteiger partial charge in [0, 0.05) is 9.50 Å². The second-order valence-corrected chi connectivity index (χ2v) is 7.29. The van der Waals surface area contributed by atoms with Gasteiger partial charge in [-0.3, -0.25) is 4.21 Å². The summed E-state index contributed by atoms with van der Waals surface area (Å²) in [6.45, 7) is 0. The van der Waals surface area contributed by atoms with Gasteiger partial charge >= 0.3 is 5.97 Å². The summed E-state index contributed by atoms with van der Waals surface area (Å²) in [7, 11) is -1.38. The molecule has 2 aromatic rings. The molecule has 110 valence electrons. The molecule has 0 saturated carbocycles. The summed E-state index contributed by atoms with van der Waals surface area (Å²) in [4.78, 5) is 11.3. The van der Waals surface area contributed by atoms with Crippen molar-refractivity contribution >= 4 is 55.9 Å². The summed E-state index contributed by atoms with van der Waals surface area (Å²) in [5.74, 6) is -0.804. The standard InChI is InChI=1S/C14H9BrCl2O3S/c15-11-5-8(14(18)19)1-2-9(11)7-21(20)13-6-10(16)3-4-12(13)17/h1-6H,7H2,(H,18,19). The van der Waals surface area contributed by atoms with Crippen LogP contribution in [0.2, 0.25) is 10.0 Å². The SMILES string of the molecule is O=C(O)c1ccc(CS(=O)c2cc(Cl)ccc2Cl)c(Br)c1. The number of rotatable bonds is 4. The molecule has 2 aromatic carbocycles. The highest BCUT2D eigenvalue weighted by molar-refractivity contribution is 9.10. The van der Waals surface area contributed by atoms with Gasteiger partial charge in [0.05, 0.1) is 32.0 Å². The molecule has 0 fully saturated rings. The summed E-state index contributed by atoms with van der Waals surface area (Å²) in [6, 6.07) is 9.37. The maximum absolute atomic E-state index is 12.4. The average molecular weight is 408 g/mol. The van der Waals surface area contributed by atoms with Crippen LogP contribution in [0, 0.1) is 0 Å². The van der Waals surface area contributed by atoms with Crippen LogP contribution in [0.4, 0.5) is 0 Å². The van der Waals surface area contributed by atoms with Crippen molar-refractivity contribution in [3.8, 4) is 0 Å². The number of benzene rings is 2. The molecular formula is C14H9BrCl2O3S. The maximum Gasteiger partial charge on any atom is 0.335 e. The fraction of sp³-hybridized carbons (Fsp3) is 0.0714. The van der Waals surface area contributed by atoms with Crippen LogP contribution in [0.15, 0.2) is 45.8 Å². The summed E-state index contributed by atoms with van der Waals surface area (Å²) >= 11 is 15.2. The van der Waals surface area contributed by atoms with E-state index in [1.807, 2.05) is 0 Å². The molecule has 0 aliphatic heterocycles. The maximum atomic E-state index is 12.4. The van der Waals surface area contributed by atoms with E-state index in [9.17, 15) is 9.00 Å². The monoisotopic (exact) mass is 406 g/mol. The van der Waals surface area contributed by atoms with Crippen LogP contribution < -0.4 is 0 Å². The van der Waals surface area contributed by atoms with Crippen molar-refractivity contribution in [2.75, 3.05) is 0 Å². The zero-order valence-electron chi connectivity index (χ0n) is 10.5. The van der Waals surface area contributed by atoms with Crippen molar-refractivity contribution in [2.24, 2.45) is 0 Å². The van der Waals surface area contributed by atoms with Gasteiger partial charge in [0.2, 0.25) is 0 Å². The quantitative estimate of drug-likeness (QED) is 0.794. The van der Waals surface area contributed by atoms with Gasteiger partial charge in [-0.05, 0) is 35.9 Å². The van der Waals surface area contributed by atoms with Crippen molar-refractivity contribution in [3.63, 3.8) is 0 Å². The molecule has 0 spiro atoms. The number of halogens is 3. The summed E-state index contributed by atoms with van der Waals surface area (Å²) in [5.41, 5.74) is 0.895. The van der Waals surface area contributed by atoms with E-state index >= 15 is 0 Å².